The molecule has 0 saturated heterocycles. The molecule has 1 aromatic heterocycles. The van der Waals surface area contributed by atoms with Crippen molar-refractivity contribution in [2.24, 2.45) is 5.92 Å². The van der Waals surface area contributed by atoms with Gasteiger partial charge < -0.3 is 14.8 Å². The van der Waals surface area contributed by atoms with E-state index in [0.29, 0.717) is 24.0 Å². The zero-order chi connectivity index (χ0) is 16.4. The van der Waals surface area contributed by atoms with Crippen LogP contribution >= 0.6 is 11.6 Å². The van der Waals surface area contributed by atoms with Crippen LogP contribution in [0, 0.1) is 5.92 Å². The number of nitrogens with zero attached hydrogens (tertiary/aromatic N) is 1. The van der Waals surface area contributed by atoms with Gasteiger partial charge in [-0.05, 0) is 37.0 Å². The van der Waals surface area contributed by atoms with Crippen molar-refractivity contribution in [1.82, 2.24) is 4.98 Å². The van der Waals surface area contributed by atoms with E-state index in [0.717, 1.165) is 35.2 Å². The van der Waals surface area contributed by atoms with E-state index in [4.69, 9.17) is 21.1 Å². The molecule has 1 saturated carbocycles. The Morgan fingerprint density at radius 1 is 1.08 bits per heavy atom. The van der Waals surface area contributed by atoms with Crippen LogP contribution in [-0.4, -0.2) is 24.7 Å². The first-order chi connectivity index (χ1) is 11.8. The Bertz CT molecular complexity index is 712. The van der Waals surface area contributed by atoms with Crippen molar-refractivity contribution in [3.05, 3.63) is 35.5 Å². The van der Waals surface area contributed by atoms with E-state index in [9.17, 15) is 0 Å². The topological polar surface area (TPSA) is 43.4 Å². The fourth-order valence-electron chi connectivity index (χ4n) is 3.41. The Kier molecular flexibility index (Phi) is 4.48. The van der Waals surface area contributed by atoms with Crippen LogP contribution in [0.2, 0.25) is 5.02 Å². The summed E-state index contributed by atoms with van der Waals surface area (Å²) in [6.07, 6.45) is 7.24. The van der Waals surface area contributed by atoms with Gasteiger partial charge in [0.05, 0.1) is 5.02 Å². The molecule has 5 heteroatoms. The normalized spacial score (nSPS) is 17.0. The number of halogens is 1. The lowest BCUT2D eigenvalue weighted by molar-refractivity contribution is 0.171. The number of fused-ring (bicyclic) bond motifs is 1. The lowest BCUT2D eigenvalue weighted by Gasteiger charge is -2.20. The molecule has 126 valence electrons. The van der Waals surface area contributed by atoms with Crippen LogP contribution in [0.25, 0.3) is 11.1 Å². The number of anilines is 1. The van der Waals surface area contributed by atoms with Gasteiger partial charge in [0.15, 0.2) is 11.5 Å². The minimum absolute atomic E-state index is 0.561. The van der Waals surface area contributed by atoms with Gasteiger partial charge >= 0.3 is 0 Å². The molecule has 0 amide bonds. The molecule has 1 aliphatic heterocycles. The van der Waals surface area contributed by atoms with Gasteiger partial charge in [-0.1, -0.05) is 24.4 Å². The Morgan fingerprint density at radius 3 is 2.54 bits per heavy atom. The van der Waals surface area contributed by atoms with Gasteiger partial charge in [0.25, 0.3) is 0 Å². The number of hydrogen-bond acceptors (Lipinski definition) is 4. The summed E-state index contributed by atoms with van der Waals surface area (Å²) >= 11 is 6.40. The van der Waals surface area contributed by atoms with Gasteiger partial charge in [-0.3, -0.25) is 0 Å². The minimum atomic E-state index is 0.561. The summed E-state index contributed by atoms with van der Waals surface area (Å²) in [5, 5.41) is 4.09. The van der Waals surface area contributed by atoms with Crippen molar-refractivity contribution in [2.75, 3.05) is 25.1 Å². The second kappa shape index (κ2) is 6.89. The van der Waals surface area contributed by atoms with Crippen molar-refractivity contribution < 1.29 is 9.47 Å². The Balaban J connectivity index is 1.50. The number of nitrogens with one attached hydrogen (secondary N) is 1. The van der Waals surface area contributed by atoms with Crippen LogP contribution in [0.5, 0.6) is 11.5 Å². The number of ether oxygens (including phenoxy) is 2. The molecule has 2 aliphatic rings. The third-order valence-corrected chi connectivity index (χ3v) is 5.07. The predicted molar refractivity (Wildman–Crippen MR) is 96.1 cm³/mol. The summed E-state index contributed by atoms with van der Waals surface area (Å²) in [5.41, 5.74) is 1.89. The number of rotatable bonds is 4. The highest BCUT2D eigenvalue weighted by Gasteiger charge is 2.17. The van der Waals surface area contributed by atoms with Crippen molar-refractivity contribution >= 4 is 17.4 Å². The minimum Gasteiger partial charge on any atom is -0.486 e. The summed E-state index contributed by atoms with van der Waals surface area (Å²) < 4.78 is 11.2. The summed E-state index contributed by atoms with van der Waals surface area (Å²) in [5.74, 6) is 3.15. The molecule has 0 spiro atoms. The van der Waals surface area contributed by atoms with Gasteiger partial charge in [-0.2, -0.15) is 0 Å². The second-order valence-corrected chi connectivity index (χ2v) is 6.85. The van der Waals surface area contributed by atoms with E-state index in [1.54, 1.807) is 0 Å². The molecule has 1 fully saturated rings. The Hall–Kier alpha value is -1.94. The predicted octanol–water partition coefficient (Wildman–Crippen LogP) is 4.78. The van der Waals surface area contributed by atoms with E-state index in [2.05, 4.69) is 10.3 Å². The first-order valence-electron chi connectivity index (χ1n) is 8.59. The molecule has 4 rings (SSSR count). The molecule has 1 aromatic carbocycles. The second-order valence-electron chi connectivity index (χ2n) is 6.44. The molecule has 24 heavy (non-hydrogen) atoms. The highest BCUT2D eigenvalue weighted by Crippen LogP contribution is 2.39. The molecule has 0 bridgehead atoms. The average Bonchev–Trinajstić information content (AvgIpc) is 3.13. The molecule has 2 aromatic rings. The third-order valence-electron chi connectivity index (χ3n) is 4.75. The average molecular weight is 345 g/mol. The van der Waals surface area contributed by atoms with Gasteiger partial charge in [0.1, 0.15) is 19.0 Å². The van der Waals surface area contributed by atoms with E-state index >= 15 is 0 Å². The lowest BCUT2D eigenvalue weighted by atomic mass is 10.1. The standard InChI is InChI=1S/C19H21ClN2O2/c20-16-10-18-17(23-7-8-24-18)9-15(16)14-5-6-19(22-12-14)21-11-13-3-1-2-4-13/h5-6,9-10,12-13H,1-4,7-8,11H2,(H,21,22). The van der Waals surface area contributed by atoms with E-state index in [1.165, 1.54) is 25.7 Å². The Labute approximate surface area is 147 Å². The van der Waals surface area contributed by atoms with Crippen LogP contribution in [0.3, 0.4) is 0 Å². The van der Waals surface area contributed by atoms with Gasteiger partial charge in [-0.25, -0.2) is 4.98 Å². The number of hydrogen-bond donors (Lipinski definition) is 1. The first-order valence-corrected chi connectivity index (χ1v) is 8.97. The SMILES string of the molecule is Clc1cc2c(cc1-c1ccc(NCC3CCCC3)nc1)OCCO2. The summed E-state index contributed by atoms with van der Waals surface area (Å²) in [7, 11) is 0. The van der Waals surface area contributed by atoms with Crippen molar-refractivity contribution in [3.8, 4) is 22.6 Å². The molecule has 2 heterocycles. The van der Waals surface area contributed by atoms with E-state index < -0.39 is 0 Å². The maximum absolute atomic E-state index is 6.40. The molecular weight excluding hydrogens is 324 g/mol. The summed E-state index contributed by atoms with van der Waals surface area (Å²) in [6.45, 7) is 2.14. The van der Waals surface area contributed by atoms with Crippen molar-refractivity contribution in [3.63, 3.8) is 0 Å². The zero-order valence-electron chi connectivity index (χ0n) is 13.6. The fourth-order valence-corrected chi connectivity index (χ4v) is 3.67. The van der Waals surface area contributed by atoms with E-state index in [1.807, 2.05) is 30.5 Å². The molecular formula is C19H21ClN2O2. The highest BCUT2D eigenvalue weighted by molar-refractivity contribution is 6.33. The van der Waals surface area contributed by atoms with Gasteiger partial charge in [0.2, 0.25) is 0 Å². The van der Waals surface area contributed by atoms with Gasteiger partial charge in [-0.15, -0.1) is 0 Å². The molecule has 0 atom stereocenters. The maximum atomic E-state index is 6.40. The van der Waals surface area contributed by atoms with E-state index in [-0.39, 0.29) is 0 Å². The smallest absolute Gasteiger partial charge is 0.162 e. The molecule has 4 nitrogen and oxygen atoms in total. The lowest BCUT2D eigenvalue weighted by Crippen LogP contribution is -2.15. The van der Waals surface area contributed by atoms with Crippen LogP contribution in [-0.2, 0) is 0 Å². The van der Waals surface area contributed by atoms with Crippen molar-refractivity contribution in [1.29, 1.82) is 0 Å². The molecule has 0 radical (unpaired) electrons. The molecule has 1 aliphatic carbocycles. The van der Waals surface area contributed by atoms with Crippen LogP contribution < -0.4 is 14.8 Å². The summed E-state index contributed by atoms with van der Waals surface area (Å²) in [4.78, 5) is 4.53. The number of benzene rings is 1. The molecule has 1 N–H and O–H groups in total. The number of aromatic nitrogens is 1. The quantitative estimate of drug-likeness (QED) is 0.867. The van der Waals surface area contributed by atoms with Crippen LogP contribution in [0.1, 0.15) is 25.7 Å². The maximum Gasteiger partial charge on any atom is 0.162 e. The number of pyridine rings is 1. The summed E-state index contributed by atoms with van der Waals surface area (Å²) in [6, 6.07) is 7.80. The first kappa shape index (κ1) is 15.6. The monoisotopic (exact) mass is 344 g/mol. The van der Waals surface area contributed by atoms with Crippen molar-refractivity contribution in [2.45, 2.75) is 25.7 Å². The highest BCUT2D eigenvalue weighted by atomic mass is 35.5. The molecule has 0 unspecified atom stereocenters. The largest absolute Gasteiger partial charge is 0.486 e. The van der Waals surface area contributed by atoms with Crippen LogP contribution in [0.15, 0.2) is 30.5 Å². The van der Waals surface area contributed by atoms with Crippen LogP contribution in [0.4, 0.5) is 5.82 Å². The fraction of sp³-hybridized carbons (Fsp3) is 0.421. The Morgan fingerprint density at radius 2 is 1.83 bits per heavy atom. The zero-order valence-corrected chi connectivity index (χ0v) is 14.3. The van der Waals surface area contributed by atoms with Gasteiger partial charge in [0, 0.05) is 29.9 Å². The third kappa shape index (κ3) is 3.29.